The number of alkyl halides is 2. The molecule has 0 atom stereocenters. The van der Waals surface area contributed by atoms with Crippen molar-refractivity contribution in [1.82, 2.24) is 0 Å². The Balaban J connectivity index is 2.79. The van der Waals surface area contributed by atoms with Crippen LogP contribution in [0, 0.1) is 6.42 Å². The minimum absolute atomic E-state index is 0.530. The lowest BCUT2D eigenvalue weighted by molar-refractivity contribution is 0.189. The molecule has 0 unspecified atom stereocenters. The van der Waals surface area contributed by atoms with Gasteiger partial charge in [-0.3, -0.25) is 0 Å². The van der Waals surface area contributed by atoms with Crippen molar-refractivity contribution in [3.05, 3.63) is 48.4 Å². The zero-order valence-corrected chi connectivity index (χ0v) is 6.50. The summed E-state index contributed by atoms with van der Waals surface area (Å²) in [6.45, 7) is 3.55. The van der Waals surface area contributed by atoms with E-state index in [2.05, 4.69) is 6.58 Å². The zero-order valence-electron chi connectivity index (χ0n) is 6.50. The van der Waals surface area contributed by atoms with E-state index in [9.17, 15) is 8.78 Å². The van der Waals surface area contributed by atoms with Gasteiger partial charge in [-0.1, -0.05) is 36.9 Å². The lowest BCUT2D eigenvalue weighted by atomic mass is 10.1. The maximum atomic E-state index is 11.9. The summed E-state index contributed by atoms with van der Waals surface area (Å²) >= 11 is 0. The Kier molecular flexibility index (Phi) is 2.97. The summed E-state index contributed by atoms with van der Waals surface area (Å²) in [7, 11) is 0. The van der Waals surface area contributed by atoms with Crippen LogP contribution in [0.15, 0.2) is 30.8 Å². The number of hydrogen-bond acceptors (Lipinski definition) is 0. The molecule has 1 radical (unpaired) electrons. The normalized spacial score (nSPS) is 10.2. The van der Waals surface area contributed by atoms with Crippen LogP contribution in [-0.4, -0.2) is 6.43 Å². The SMILES string of the molecule is C=Cc1cccc([CH]C(F)F)c1. The number of halogens is 2. The van der Waals surface area contributed by atoms with Gasteiger partial charge in [-0.15, -0.1) is 0 Å². The molecule has 0 aromatic heterocycles. The fourth-order valence-electron chi connectivity index (χ4n) is 0.935. The number of rotatable bonds is 3. The van der Waals surface area contributed by atoms with E-state index in [1.165, 1.54) is 0 Å². The van der Waals surface area contributed by atoms with Crippen LogP contribution >= 0.6 is 0 Å². The average molecular weight is 167 g/mol. The highest BCUT2D eigenvalue weighted by Crippen LogP contribution is 2.12. The molecular weight excluding hydrogens is 158 g/mol. The largest absolute Gasteiger partial charge is 0.246 e. The third-order valence-corrected chi connectivity index (χ3v) is 1.46. The van der Waals surface area contributed by atoms with Crippen LogP contribution in [0.5, 0.6) is 0 Å². The molecule has 2 heteroatoms. The molecule has 0 spiro atoms. The minimum Gasteiger partial charge on any atom is -0.210 e. The predicted molar refractivity (Wildman–Crippen MR) is 45.9 cm³/mol. The molecule has 0 saturated carbocycles. The molecule has 0 aliphatic heterocycles. The predicted octanol–water partition coefficient (Wildman–Crippen LogP) is 3.15. The van der Waals surface area contributed by atoms with Crippen LogP contribution in [-0.2, 0) is 0 Å². The van der Waals surface area contributed by atoms with Crippen molar-refractivity contribution in [3.63, 3.8) is 0 Å². The molecular formula is C10H9F2. The van der Waals surface area contributed by atoms with Crippen molar-refractivity contribution in [2.24, 2.45) is 0 Å². The van der Waals surface area contributed by atoms with E-state index in [4.69, 9.17) is 0 Å². The smallest absolute Gasteiger partial charge is 0.210 e. The topological polar surface area (TPSA) is 0 Å². The standard InChI is InChI=1S/C10H9F2/c1-2-8-4-3-5-9(6-8)7-10(11)12/h2-7,10H,1H2. The van der Waals surface area contributed by atoms with E-state index < -0.39 is 6.43 Å². The summed E-state index contributed by atoms with van der Waals surface area (Å²) in [5, 5.41) is 0. The van der Waals surface area contributed by atoms with Gasteiger partial charge in [-0.2, -0.15) is 0 Å². The Morgan fingerprint density at radius 2 is 1.92 bits per heavy atom. The molecule has 0 aliphatic rings. The second-order valence-corrected chi connectivity index (χ2v) is 2.38. The van der Waals surface area contributed by atoms with Crippen molar-refractivity contribution in [1.29, 1.82) is 0 Å². The van der Waals surface area contributed by atoms with E-state index in [1.807, 2.05) is 6.07 Å². The summed E-state index contributed by atoms with van der Waals surface area (Å²) in [5.41, 5.74) is 1.38. The highest BCUT2D eigenvalue weighted by Gasteiger charge is 2.04. The Morgan fingerprint density at radius 1 is 1.25 bits per heavy atom. The molecule has 0 saturated heterocycles. The summed E-state index contributed by atoms with van der Waals surface area (Å²) in [5.74, 6) is 0. The van der Waals surface area contributed by atoms with E-state index in [0.717, 1.165) is 12.0 Å². The van der Waals surface area contributed by atoms with Gasteiger partial charge in [0, 0.05) is 0 Å². The lowest BCUT2D eigenvalue weighted by Gasteiger charge is -2.00. The third-order valence-electron chi connectivity index (χ3n) is 1.46. The van der Waals surface area contributed by atoms with Gasteiger partial charge in [0.15, 0.2) is 0 Å². The summed E-state index contributed by atoms with van der Waals surface area (Å²) in [4.78, 5) is 0. The molecule has 1 rings (SSSR count). The van der Waals surface area contributed by atoms with Crippen molar-refractivity contribution >= 4 is 6.08 Å². The minimum atomic E-state index is -2.40. The van der Waals surface area contributed by atoms with E-state index in [-0.39, 0.29) is 0 Å². The first-order valence-electron chi connectivity index (χ1n) is 3.58. The monoisotopic (exact) mass is 167 g/mol. The van der Waals surface area contributed by atoms with Gasteiger partial charge in [-0.25, -0.2) is 8.78 Å². The van der Waals surface area contributed by atoms with Crippen LogP contribution in [0.25, 0.3) is 6.08 Å². The first-order valence-corrected chi connectivity index (χ1v) is 3.58. The van der Waals surface area contributed by atoms with Gasteiger partial charge in [0.2, 0.25) is 6.43 Å². The Labute approximate surface area is 70.5 Å². The van der Waals surface area contributed by atoms with Gasteiger partial charge in [0.05, 0.1) is 6.42 Å². The summed E-state index contributed by atoms with van der Waals surface area (Å²) in [6.07, 6.45) is 0.139. The quantitative estimate of drug-likeness (QED) is 0.648. The highest BCUT2D eigenvalue weighted by atomic mass is 19.3. The van der Waals surface area contributed by atoms with Crippen LogP contribution in [0.1, 0.15) is 11.1 Å². The van der Waals surface area contributed by atoms with Gasteiger partial charge in [0.1, 0.15) is 0 Å². The molecule has 1 aromatic carbocycles. The van der Waals surface area contributed by atoms with Crippen molar-refractivity contribution in [2.45, 2.75) is 6.43 Å². The zero-order chi connectivity index (χ0) is 8.97. The first kappa shape index (κ1) is 8.91. The number of benzene rings is 1. The second-order valence-electron chi connectivity index (χ2n) is 2.38. The van der Waals surface area contributed by atoms with E-state index in [1.54, 1.807) is 24.3 Å². The molecule has 0 bridgehead atoms. The second kappa shape index (κ2) is 4.00. The molecule has 0 amide bonds. The molecule has 0 nitrogen and oxygen atoms in total. The maximum absolute atomic E-state index is 11.9. The van der Waals surface area contributed by atoms with Crippen LogP contribution in [0.3, 0.4) is 0 Å². The van der Waals surface area contributed by atoms with Crippen LogP contribution < -0.4 is 0 Å². The average Bonchev–Trinajstić information content (AvgIpc) is 2.03. The van der Waals surface area contributed by atoms with Gasteiger partial charge in [0.25, 0.3) is 0 Å². The lowest BCUT2D eigenvalue weighted by Crippen LogP contribution is -1.92. The molecule has 63 valence electrons. The summed E-state index contributed by atoms with van der Waals surface area (Å²) in [6, 6.07) is 6.85. The number of hydrogen-bond donors (Lipinski definition) is 0. The molecule has 0 fully saturated rings. The van der Waals surface area contributed by atoms with Crippen LogP contribution in [0.2, 0.25) is 0 Å². The first-order chi connectivity index (χ1) is 5.72. The third kappa shape index (κ3) is 2.46. The van der Waals surface area contributed by atoms with Crippen LogP contribution in [0.4, 0.5) is 8.78 Å². The molecule has 0 N–H and O–H groups in total. The van der Waals surface area contributed by atoms with Crippen molar-refractivity contribution in [2.75, 3.05) is 0 Å². The Morgan fingerprint density at radius 3 is 2.50 bits per heavy atom. The Hall–Kier alpha value is -1.18. The maximum Gasteiger partial charge on any atom is 0.246 e. The fourth-order valence-corrected chi connectivity index (χ4v) is 0.935. The Bertz CT molecular complexity index is 266. The van der Waals surface area contributed by atoms with Crippen molar-refractivity contribution < 1.29 is 8.78 Å². The molecule has 1 aromatic rings. The molecule has 0 aliphatic carbocycles. The van der Waals surface area contributed by atoms with Gasteiger partial charge < -0.3 is 0 Å². The fraction of sp³-hybridized carbons (Fsp3) is 0.100. The molecule has 0 heterocycles. The van der Waals surface area contributed by atoms with Gasteiger partial charge in [-0.05, 0) is 11.1 Å². The van der Waals surface area contributed by atoms with Gasteiger partial charge >= 0.3 is 0 Å². The van der Waals surface area contributed by atoms with Crippen molar-refractivity contribution in [3.8, 4) is 0 Å². The van der Waals surface area contributed by atoms with E-state index >= 15 is 0 Å². The molecule has 12 heavy (non-hydrogen) atoms. The van der Waals surface area contributed by atoms with E-state index in [0.29, 0.717) is 5.56 Å². The summed E-state index contributed by atoms with van der Waals surface area (Å²) < 4.78 is 23.7. The highest BCUT2D eigenvalue weighted by molar-refractivity contribution is 5.49.